The second-order valence-corrected chi connectivity index (χ2v) is 9.36. The third kappa shape index (κ3) is 7.85. The Bertz CT molecular complexity index is 728. The van der Waals surface area contributed by atoms with Gasteiger partial charge in [0.15, 0.2) is 0 Å². The van der Waals surface area contributed by atoms with E-state index in [0.717, 1.165) is 37.4 Å². The number of benzene rings is 2. The SMILES string of the molecule is CCCCCC(CC)Oc1ccc2cc(OCCCCC(Br)CC)ccc2c1C. The molecule has 0 aromatic heterocycles. The average molecular weight is 464 g/mol. The normalized spacial score (nSPS) is 13.4. The molecule has 29 heavy (non-hydrogen) atoms. The summed E-state index contributed by atoms with van der Waals surface area (Å²) in [4.78, 5) is 0.640. The fourth-order valence-electron chi connectivity index (χ4n) is 3.67. The largest absolute Gasteiger partial charge is 0.494 e. The third-order valence-electron chi connectivity index (χ3n) is 5.71. The average Bonchev–Trinajstić information content (AvgIpc) is 2.74. The van der Waals surface area contributed by atoms with Crippen molar-refractivity contribution >= 4 is 26.7 Å². The van der Waals surface area contributed by atoms with Gasteiger partial charge >= 0.3 is 0 Å². The highest BCUT2D eigenvalue weighted by Crippen LogP contribution is 2.31. The van der Waals surface area contributed by atoms with Crippen LogP contribution >= 0.6 is 15.9 Å². The molecule has 2 aromatic carbocycles. The number of hydrogen-bond acceptors (Lipinski definition) is 2. The van der Waals surface area contributed by atoms with Gasteiger partial charge in [0.25, 0.3) is 0 Å². The molecule has 0 heterocycles. The standard InChI is InChI=1S/C26H39BrO2/c1-5-8-9-13-23(7-3)29-26-17-14-21-19-24(15-16-25(21)20(26)4)28-18-11-10-12-22(27)6-2/h14-17,19,22-23H,5-13,18H2,1-4H3. The summed E-state index contributed by atoms with van der Waals surface area (Å²) >= 11 is 3.70. The number of aryl methyl sites for hydroxylation is 1. The Balaban J connectivity index is 1.95. The first kappa shape index (κ1) is 24.1. The predicted octanol–water partition coefficient (Wildman–Crippen LogP) is 8.61. The number of alkyl halides is 1. The molecular formula is C26H39BrO2. The topological polar surface area (TPSA) is 18.5 Å². The molecule has 162 valence electrons. The molecule has 0 aliphatic rings. The second-order valence-electron chi connectivity index (χ2n) is 8.07. The zero-order chi connectivity index (χ0) is 21.1. The highest BCUT2D eigenvalue weighted by atomic mass is 79.9. The lowest BCUT2D eigenvalue weighted by molar-refractivity contribution is 0.182. The monoisotopic (exact) mass is 462 g/mol. The van der Waals surface area contributed by atoms with E-state index in [9.17, 15) is 0 Å². The minimum absolute atomic E-state index is 0.312. The van der Waals surface area contributed by atoms with Gasteiger partial charge in [-0.2, -0.15) is 0 Å². The molecule has 0 N–H and O–H groups in total. The lowest BCUT2D eigenvalue weighted by Crippen LogP contribution is -2.15. The van der Waals surface area contributed by atoms with Crippen LogP contribution in [0.3, 0.4) is 0 Å². The van der Waals surface area contributed by atoms with E-state index in [0.29, 0.717) is 10.9 Å². The fraction of sp³-hybridized carbons (Fsp3) is 0.615. The van der Waals surface area contributed by atoms with Crippen molar-refractivity contribution in [2.24, 2.45) is 0 Å². The molecule has 0 radical (unpaired) electrons. The van der Waals surface area contributed by atoms with Crippen LogP contribution in [0.2, 0.25) is 0 Å². The first-order valence-electron chi connectivity index (χ1n) is 11.6. The minimum Gasteiger partial charge on any atom is -0.494 e. The summed E-state index contributed by atoms with van der Waals surface area (Å²) in [5, 5.41) is 2.47. The quantitative estimate of drug-likeness (QED) is 0.206. The smallest absolute Gasteiger partial charge is 0.123 e. The molecule has 0 amide bonds. The molecule has 0 aliphatic heterocycles. The van der Waals surface area contributed by atoms with Crippen LogP contribution in [-0.4, -0.2) is 17.5 Å². The van der Waals surface area contributed by atoms with Crippen molar-refractivity contribution < 1.29 is 9.47 Å². The zero-order valence-corrected chi connectivity index (χ0v) is 20.4. The minimum atomic E-state index is 0.312. The number of fused-ring (bicyclic) bond motifs is 1. The molecule has 0 spiro atoms. The van der Waals surface area contributed by atoms with Gasteiger partial charge in [-0.05, 0) is 86.4 Å². The molecule has 2 atom stereocenters. The number of unbranched alkanes of at least 4 members (excludes halogenated alkanes) is 3. The van der Waals surface area contributed by atoms with Crippen LogP contribution in [0.4, 0.5) is 0 Å². The number of ether oxygens (including phenoxy) is 2. The van der Waals surface area contributed by atoms with Crippen LogP contribution in [0.25, 0.3) is 10.8 Å². The van der Waals surface area contributed by atoms with E-state index in [-0.39, 0.29) is 0 Å². The third-order valence-corrected chi connectivity index (χ3v) is 6.82. The van der Waals surface area contributed by atoms with Crippen molar-refractivity contribution in [3.63, 3.8) is 0 Å². The lowest BCUT2D eigenvalue weighted by atomic mass is 10.0. The van der Waals surface area contributed by atoms with Crippen LogP contribution in [0.15, 0.2) is 30.3 Å². The molecule has 2 unspecified atom stereocenters. The van der Waals surface area contributed by atoms with Crippen molar-refractivity contribution in [2.75, 3.05) is 6.61 Å². The zero-order valence-electron chi connectivity index (χ0n) is 18.8. The Hall–Kier alpha value is -1.22. The van der Waals surface area contributed by atoms with Crippen molar-refractivity contribution in [3.8, 4) is 11.5 Å². The molecule has 0 aliphatic carbocycles. The number of hydrogen-bond donors (Lipinski definition) is 0. The molecular weight excluding hydrogens is 424 g/mol. The Labute approximate surface area is 186 Å². The maximum Gasteiger partial charge on any atom is 0.123 e. The Morgan fingerprint density at radius 3 is 2.41 bits per heavy atom. The summed E-state index contributed by atoms with van der Waals surface area (Å²) in [7, 11) is 0. The Morgan fingerprint density at radius 2 is 1.69 bits per heavy atom. The number of halogens is 1. The fourth-order valence-corrected chi connectivity index (χ4v) is 3.99. The van der Waals surface area contributed by atoms with Crippen molar-refractivity contribution in [1.29, 1.82) is 0 Å². The van der Waals surface area contributed by atoms with Gasteiger partial charge in [-0.3, -0.25) is 0 Å². The summed E-state index contributed by atoms with van der Waals surface area (Å²) in [5.74, 6) is 1.98. The maximum atomic E-state index is 6.36. The van der Waals surface area contributed by atoms with E-state index in [1.54, 1.807) is 0 Å². The molecule has 0 bridgehead atoms. The molecule has 2 nitrogen and oxygen atoms in total. The predicted molar refractivity (Wildman–Crippen MR) is 130 cm³/mol. The molecule has 3 heteroatoms. The van der Waals surface area contributed by atoms with Crippen molar-refractivity contribution in [1.82, 2.24) is 0 Å². The maximum absolute atomic E-state index is 6.36. The highest BCUT2D eigenvalue weighted by Gasteiger charge is 2.12. The van der Waals surface area contributed by atoms with Gasteiger partial charge < -0.3 is 9.47 Å². The van der Waals surface area contributed by atoms with Gasteiger partial charge in [-0.15, -0.1) is 0 Å². The molecule has 0 fully saturated rings. The second kappa shape index (κ2) is 13.2. The van der Waals surface area contributed by atoms with Gasteiger partial charge in [0, 0.05) is 4.83 Å². The first-order chi connectivity index (χ1) is 14.1. The summed E-state index contributed by atoms with van der Waals surface area (Å²) < 4.78 is 12.4. The van der Waals surface area contributed by atoms with E-state index < -0.39 is 0 Å². The first-order valence-corrected chi connectivity index (χ1v) is 12.5. The Kier molecular flexibility index (Phi) is 10.9. The highest BCUT2D eigenvalue weighted by molar-refractivity contribution is 9.09. The summed E-state index contributed by atoms with van der Waals surface area (Å²) in [6.45, 7) is 9.64. The van der Waals surface area contributed by atoms with Gasteiger partial charge in [-0.1, -0.05) is 61.7 Å². The van der Waals surface area contributed by atoms with E-state index >= 15 is 0 Å². The summed E-state index contributed by atoms with van der Waals surface area (Å²) in [5.41, 5.74) is 1.23. The molecule has 0 saturated heterocycles. The molecule has 0 saturated carbocycles. The van der Waals surface area contributed by atoms with Gasteiger partial charge in [-0.25, -0.2) is 0 Å². The number of rotatable bonds is 14. The van der Waals surface area contributed by atoms with Crippen molar-refractivity contribution in [2.45, 2.75) is 96.4 Å². The van der Waals surface area contributed by atoms with E-state index in [1.165, 1.54) is 54.9 Å². The summed E-state index contributed by atoms with van der Waals surface area (Å²) in [6, 6.07) is 10.7. The van der Waals surface area contributed by atoms with E-state index in [4.69, 9.17) is 9.47 Å². The lowest BCUT2D eigenvalue weighted by Gasteiger charge is -2.20. The summed E-state index contributed by atoms with van der Waals surface area (Å²) in [6.07, 6.45) is 11.0. The van der Waals surface area contributed by atoms with Crippen LogP contribution in [0.5, 0.6) is 11.5 Å². The Morgan fingerprint density at radius 1 is 0.897 bits per heavy atom. The van der Waals surface area contributed by atoms with E-state index in [1.807, 2.05) is 0 Å². The van der Waals surface area contributed by atoms with E-state index in [2.05, 4.69) is 74.0 Å². The van der Waals surface area contributed by atoms with Crippen LogP contribution < -0.4 is 9.47 Å². The van der Waals surface area contributed by atoms with Gasteiger partial charge in [0.2, 0.25) is 0 Å². The van der Waals surface area contributed by atoms with Gasteiger partial charge in [0.1, 0.15) is 11.5 Å². The van der Waals surface area contributed by atoms with Crippen LogP contribution in [-0.2, 0) is 0 Å². The molecule has 2 rings (SSSR count). The van der Waals surface area contributed by atoms with Crippen LogP contribution in [0, 0.1) is 6.92 Å². The van der Waals surface area contributed by atoms with Crippen LogP contribution in [0.1, 0.15) is 84.1 Å². The molecule has 2 aromatic rings. The van der Waals surface area contributed by atoms with Gasteiger partial charge in [0.05, 0.1) is 12.7 Å². The van der Waals surface area contributed by atoms with Crippen molar-refractivity contribution in [3.05, 3.63) is 35.9 Å².